The molecule has 1 aromatic rings. The minimum atomic E-state index is -0.0641. The second kappa shape index (κ2) is 7.52. The highest BCUT2D eigenvalue weighted by atomic mass is 32.1. The number of likely N-dealkylation sites (N-methyl/N-ethyl adjacent to an activating group) is 1. The van der Waals surface area contributed by atoms with Crippen molar-refractivity contribution in [2.75, 3.05) is 45.8 Å². The highest BCUT2D eigenvalue weighted by molar-refractivity contribution is 7.07. The summed E-state index contributed by atoms with van der Waals surface area (Å²) in [7, 11) is 0. The van der Waals surface area contributed by atoms with Crippen LogP contribution in [0.3, 0.4) is 0 Å². The Kier molecular flexibility index (Phi) is 5.68. The molecule has 0 atom stereocenters. The van der Waals surface area contributed by atoms with Crippen molar-refractivity contribution in [2.24, 2.45) is 0 Å². The van der Waals surface area contributed by atoms with Gasteiger partial charge in [0.1, 0.15) is 4.88 Å². The van der Waals surface area contributed by atoms with E-state index in [1.807, 2.05) is 0 Å². The lowest BCUT2D eigenvalue weighted by Gasteiger charge is -2.33. The topological polar surface area (TPSA) is 61.4 Å². The van der Waals surface area contributed by atoms with Crippen LogP contribution in [0.2, 0.25) is 0 Å². The van der Waals surface area contributed by atoms with E-state index in [-0.39, 0.29) is 5.91 Å². The molecule has 0 unspecified atom stereocenters. The molecule has 0 bridgehead atoms. The van der Waals surface area contributed by atoms with E-state index in [9.17, 15) is 4.79 Å². The molecule has 0 saturated carbocycles. The lowest BCUT2D eigenvalue weighted by atomic mass is 10.3. The summed E-state index contributed by atoms with van der Waals surface area (Å²) >= 11 is 1.13. The fraction of sp³-hybridized carbons (Fsp3) is 0.750. The van der Waals surface area contributed by atoms with Gasteiger partial charge in [0, 0.05) is 32.7 Å². The van der Waals surface area contributed by atoms with Crippen molar-refractivity contribution in [3.8, 4) is 0 Å². The number of amides is 1. The predicted octanol–water partition coefficient (Wildman–Crippen LogP) is 0.295. The average molecular weight is 283 g/mol. The first-order valence-electron chi connectivity index (χ1n) is 6.80. The maximum Gasteiger partial charge on any atom is 0.264 e. The molecule has 19 heavy (non-hydrogen) atoms. The highest BCUT2D eigenvalue weighted by Gasteiger charge is 2.14. The summed E-state index contributed by atoms with van der Waals surface area (Å²) < 4.78 is 3.68. The summed E-state index contributed by atoms with van der Waals surface area (Å²) in [5.41, 5.74) is 0. The first-order chi connectivity index (χ1) is 9.29. The van der Waals surface area contributed by atoms with E-state index in [0.717, 1.165) is 57.2 Å². The van der Waals surface area contributed by atoms with E-state index in [0.29, 0.717) is 11.4 Å². The second-order valence-electron chi connectivity index (χ2n) is 4.67. The molecule has 2 rings (SSSR count). The van der Waals surface area contributed by atoms with E-state index in [2.05, 4.69) is 31.6 Å². The average Bonchev–Trinajstić information content (AvgIpc) is 2.98. The Morgan fingerprint density at radius 2 is 2.11 bits per heavy atom. The van der Waals surface area contributed by atoms with Gasteiger partial charge >= 0.3 is 0 Å². The lowest BCUT2D eigenvalue weighted by molar-refractivity contribution is 0.0952. The van der Waals surface area contributed by atoms with Gasteiger partial charge in [0.05, 0.1) is 6.20 Å². The minimum Gasteiger partial charge on any atom is -0.351 e. The number of carbonyl (C=O) groups excluding carboxylic acids is 1. The largest absolute Gasteiger partial charge is 0.351 e. The molecule has 1 N–H and O–H groups in total. The van der Waals surface area contributed by atoms with Crippen molar-refractivity contribution in [2.45, 2.75) is 13.3 Å². The molecule has 1 saturated heterocycles. The van der Waals surface area contributed by atoms with Crippen LogP contribution in [0.5, 0.6) is 0 Å². The maximum atomic E-state index is 11.6. The van der Waals surface area contributed by atoms with Gasteiger partial charge in [-0.3, -0.25) is 4.79 Å². The summed E-state index contributed by atoms with van der Waals surface area (Å²) in [6, 6.07) is 0. The van der Waals surface area contributed by atoms with Crippen molar-refractivity contribution in [3.63, 3.8) is 0 Å². The van der Waals surface area contributed by atoms with Gasteiger partial charge in [-0.05, 0) is 31.0 Å². The molecule has 1 aliphatic rings. The summed E-state index contributed by atoms with van der Waals surface area (Å²) in [6.45, 7) is 9.72. The first-order valence-corrected chi connectivity index (χ1v) is 7.57. The van der Waals surface area contributed by atoms with Crippen LogP contribution < -0.4 is 5.32 Å². The van der Waals surface area contributed by atoms with Crippen LogP contribution in [-0.4, -0.2) is 71.1 Å². The number of nitrogens with one attached hydrogen (secondary N) is 1. The summed E-state index contributed by atoms with van der Waals surface area (Å²) in [6.07, 6.45) is 2.49. The van der Waals surface area contributed by atoms with Crippen molar-refractivity contribution >= 4 is 17.4 Å². The number of piperazine rings is 1. The van der Waals surface area contributed by atoms with Crippen LogP contribution in [0, 0.1) is 0 Å². The smallest absolute Gasteiger partial charge is 0.264 e. The summed E-state index contributed by atoms with van der Waals surface area (Å²) in [4.78, 5) is 17.2. The molecule has 106 valence electrons. The molecule has 2 heterocycles. The van der Waals surface area contributed by atoms with Crippen LogP contribution in [0.1, 0.15) is 23.0 Å². The van der Waals surface area contributed by atoms with Crippen LogP contribution in [0.15, 0.2) is 6.20 Å². The van der Waals surface area contributed by atoms with Crippen LogP contribution >= 0.6 is 11.5 Å². The lowest BCUT2D eigenvalue weighted by Crippen LogP contribution is -2.46. The molecule has 6 nitrogen and oxygen atoms in total. The Balaban J connectivity index is 1.56. The molecule has 1 aliphatic heterocycles. The molecule has 1 amide bonds. The fourth-order valence-electron chi connectivity index (χ4n) is 2.19. The molecule has 0 radical (unpaired) electrons. The third kappa shape index (κ3) is 4.52. The zero-order valence-electron chi connectivity index (χ0n) is 11.3. The number of carbonyl (C=O) groups is 1. The summed E-state index contributed by atoms with van der Waals surface area (Å²) in [5.74, 6) is -0.0641. The standard InChI is InChI=1S/C12H21N5OS/c1-2-16-6-8-17(9-7-16)5-3-4-13-12(18)11-10-14-15-19-11/h10H,2-9H2,1H3,(H,13,18). The number of hydrogen-bond acceptors (Lipinski definition) is 6. The van der Waals surface area contributed by atoms with E-state index in [1.54, 1.807) is 0 Å². The van der Waals surface area contributed by atoms with Gasteiger partial charge in [0.2, 0.25) is 0 Å². The van der Waals surface area contributed by atoms with Gasteiger partial charge in [-0.2, -0.15) is 0 Å². The zero-order valence-corrected chi connectivity index (χ0v) is 12.2. The number of nitrogens with zero attached hydrogens (tertiary/aromatic N) is 4. The molecule has 7 heteroatoms. The van der Waals surface area contributed by atoms with Crippen LogP contribution in [-0.2, 0) is 0 Å². The van der Waals surface area contributed by atoms with Gasteiger partial charge in [-0.15, -0.1) is 5.10 Å². The minimum absolute atomic E-state index is 0.0641. The normalized spacial score (nSPS) is 17.5. The second-order valence-corrected chi connectivity index (χ2v) is 5.45. The third-order valence-corrected chi connectivity index (χ3v) is 4.10. The quantitative estimate of drug-likeness (QED) is 0.761. The van der Waals surface area contributed by atoms with Crippen LogP contribution in [0.4, 0.5) is 0 Å². The first kappa shape index (κ1) is 14.4. The van der Waals surface area contributed by atoms with E-state index >= 15 is 0 Å². The van der Waals surface area contributed by atoms with E-state index in [1.165, 1.54) is 6.20 Å². The van der Waals surface area contributed by atoms with E-state index in [4.69, 9.17) is 0 Å². The molecule has 0 aromatic carbocycles. The van der Waals surface area contributed by atoms with Crippen molar-refractivity contribution in [3.05, 3.63) is 11.1 Å². The van der Waals surface area contributed by atoms with Gasteiger partial charge in [-0.1, -0.05) is 11.4 Å². The predicted molar refractivity (Wildman–Crippen MR) is 75.4 cm³/mol. The van der Waals surface area contributed by atoms with Crippen molar-refractivity contribution in [1.29, 1.82) is 0 Å². The molecular formula is C12H21N5OS. The Labute approximate surface area is 117 Å². The van der Waals surface area contributed by atoms with Crippen molar-refractivity contribution < 1.29 is 4.79 Å². The Morgan fingerprint density at radius 3 is 2.74 bits per heavy atom. The summed E-state index contributed by atoms with van der Waals surface area (Å²) in [5, 5.41) is 6.55. The molecule has 0 spiro atoms. The Morgan fingerprint density at radius 1 is 1.37 bits per heavy atom. The molecule has 1 fully saturated rings. The van der Waals surface area contributed by atoms with Crippen molar-refractivity contribution in [1.82, 2.24) is 24.7 Å². The monoisotopic (exact) mass is 283 g/mol. The number of hydrogen-bond donors (Lipinski definition) is 1. The fourth-order valence-corrected chi connectivity index (χ4v) is 2.62. The molecule has 1 aromatic heterocycles. The Hall–Kier alpha value is -1.05. The Bertz CT molecular complexity index is 375. The highest BCUT2D eigenvalue weighted by Crippen LogP contribution is 2.03. The van der Waals surface area contributed by atoms with Gasteiger partial charge in [-0.25, -0.2) is 0 Å². The van der Waals surface area contributed by atoms with Gasteiger partial charge < -0.3 is 15.1 Å². The van der Waals surface area contributed by atoms with Gasteiger partial charge in [0.25, 0.3) is 5.91 Å². The molecular weight excluding hydrogens is 262 g/mol. The molecule has 0 aliphatic carbocycles. The maximum absolute atomic E-state index is 11.6. The zero-order chi connectivity index (χ0) is 13.5. The van der Waals surface area contributed by atoms with E-state index < -0.39 is 0 Å². The number of rotatable bonds is 6. The SMILES string of the molecule is CCN1CCN(CCCNC(=O)c2cnns2)CC1. The third-order valence-electron chi connectivity index (χ3n) is 3.43. The van der Waals surface area contributed by atoms with Gasteiger partial charge in [0.15, 0.2) is 0 Å². The van der Waals surface area contributed by atoms with Crippen LogP contribution in [0.25, 0.3) is 0 Å². The number of aromatic nitrogens is 2.